The van der Waals surface area contributed by atoms with Crippen molar-refractivity contribution in [1.29, 1.82) is 0 Å². The minimum absolute atomic E-state index is 0. The number of pyridine rings is 1. The van der Waals surface area contributed by atoms with Crippen molar-refractivity contribution in [2.45, 2.75) is 19.0 Å². The molecule has 0 spiro atoms. The summed E-state index contributed by atoms with van der Waals surface area (Å²) in [6.07, 6.45) is 2.70. The molecule has 8 nitrogen and oxygen atoms in total. The van der Waals surface area contributed by atoms with Crippen LogP contribution in [0.1, 0.15) is 12.0 Å². The second kappa shape index (κ2) is 13.5. The lowest BCUT2D eigenvalue weighted by Gasteiger charge is -2.19. The van der Waals surface area contributed by atoms with E-state index in [9.17, 15) is 0 Å². The van der Waals surface area contributed by atoms with Crippen molar-refractivity contribution in [3.05, 3.63) is 47.1 Å². The van der Waals surface area contributed by atoms with Crippen LogP contribution in [0.3, 0.4) is 0 Å². The van der Waals surface area contributed by atoms with Gasteiger partial charge in [-0.15, -0.1) is 24.0 Å². The van der Waals surface area contributed by atoms with Crippen molar-refractivity contribution in [3.8, 4) is 17.4 Å². The van der Waals surface area contributed by atoms with Crippen molar-refractivity contribution < 1.29 is 14.2 Å². The van der Waals surface area contributed by atoms with E-state index in [0.717, 1.165) is 43.5 Å². The summed E-state index contributed by atoms with van der Waals surface area (Å²) in [7, 11) is 5.10. The molecule has 1 aromatic carbocycles. The number of nitrogens with one attached hydrogen (secondary N) is 2. The van der Waals surface area contributed by atoms with E-state index in [1.807, 2.05) is 6.07 Å². The van der Waals surface area contributed by atoms with E-state index in [4.69, 9.17) is 25.8 Å². The summed E-state index contributed by atoms with van der Waals surface area (Å²) in [5.74, 6) is 2.81. The van der Waals surface area contributed by atoms with Crippen molar-refractivity contribution in [1.82, 2.24) is 20.5 Å². The standard InChI is InChI=1S/C22H30ClN5O3.HI/c1-24-22(26-8-10-31-21-20(23)5-4-7-25-21)27-17-6-9-28(15-17)14-16-11-18(29-2)13-19(12-16)30-3;/h4-5,7,11-13,17H,6,8-10,14-15H2,1-3H3,(H2,24,26,27);1H. The summed E-state index contributed by atoms with van der Waals surface area (Å²) in [6, 6.07) is 9.85. The third kappa shape index (κ3) is 7.86. The number of guanidine groups is 1. The normalized spacial score (nSPS) is 16.2. The minimum atomic E-state index is 0. The lowest BCUT2D eigenvalue weighted by Crippen LogP contribution is -2.45. The van der Waals surface area contributed by atoms with Gasteiger partial charge in [0.05, 0.1) is 20.8 Å². The van der Waals surface area contributed by atoms with E-state index in [2.05, 4.69) is 37.6 Å². The third-order valence-electron chi connectivity index (χ3n) is 5.01. The van der Waals surface area contributed by atoms with Gasteiger partial charge in [0.2, 0.25) is 5.88 Å². The highest BCUT2D eigenvalue weighted by molar-refractivity contribution is 14.0. The number of hydrogen-bond donors (Lipinski definition) is 2. The second-order valence-electron chi connectivity index (χ2n) is 7.22. The number of nitrogens with zero attached hydrogens (tertiary/aromatic N) is 3. The Morgan fingerprint density at radius 2 is 2.00 bits per heavy atom. The first-order valence-corrected chi connectivity index (χ1v) is 10.6. The Labute approximate surface area is 211 Å². The Kier molecular flexibility index (Phi) is 11.1. The van der Waals surface area contributed by atoms with Gasteiger partial charge in [0, 0.05) is 45.0 Å². The number of ether oxygens (including phenoxy) is 3. The van der Waals surface area contributed by atoms with E-state index < -0.39 is 0 Å². The molecule has 2 N–H and O–H groups in total. The lowest BCUT2D eigenvalue weighted by atomic mass is 10.2. The van der Waals surface area contributed by atoms with Gasteiger partial charge in [0.25, 0.3) is 0 Å². The average molecular weight is 576 g/mol. The van der Waals surface area contributed by atoms with Gasteiger partial charge in [-0.25, -0.2) is 4.98 Å². The highest BCUT2D eigenvalue weighted by Gasteiger charge is 2.23. The van der Waals surface area contributed by atoms with Crippen LogP contribution in [0, 0.1) is 0 Å². The molecule has 1 aliphatic heterocycles. The van der Waals surface area contributed by atoms with Gasteiger partial charge in [-0.2, -0.15) is 0 Å². The van der Waals surface area contributed by atoms with Crippen LogP contribution in [0.15, 0.2) is 41.5 Å². The Hall–Kier alpha value is -1.98. The summed E-state index contributed by atoms with van der Waals surface area (Å²) < 4.78 is 16.4. The van der Waals surface area contributed by atoms with Gasteiger partial charge >= 0.3 is 0 Å². The molecule has 2 heterocycles. The second-order valence-corrected chi connectivity index (χ2v) is 7.63. The molecule has 0 aliphatic carbocycles. The number of hydrogen-bond acceptors (Lipinski definition) is 6. The van der Waals surface area contributed by atoms with Crippen molar-refractivity contribution in [3.63, 3.8) is 0 Å². The van der Waals surface area contributed by atoms with Gasteiger partial charge in [-0.05, 0) is 36.2 Å². The molecule has 0 bridgehead atoms. The molecule has 1 fully saturated rings. The molecule has 10 heteroatoms. The number of likely N-dealkylation sites (tertiary alicyclic amines) is 1. The first-order valence-electron chi connectivity index (χ1n) is 10.3. The maximum Gasteiger partial charge on any atom is 0.232 e. The zero-order valence-corrected chi connectivity index (χ0v) is 21.7. The Morgan fingerprint density at radius 1 is 1.25 bits per heavy atom. The van der Waals surface area contributed by atoms with E-state index in [1.54, 1.807) is 39.6 Å². The van der Waals surface area contributed by atoms with E-state index >= 15 is 0 Å². The van der Waals surface area contributed by atoms with Gasteiger partial charge in [0.1, 0.15) is 23.1 Å². The fourth-order valence-electron chi connectivity index (χ4n) is 3.49. The van der Waals surface area contributed by atoms with Crippen LogP contribution in [-0.2, 0) is 6.54 Å². The topological polar surface area (TPSA) is 80.2 Å². The number of benzene rings is 1. The third-order valence-corrected chi connectivity index (χ3v) is 5.30. The van der Waals surface area contributed by atoms with Crippen LogP contribution in [0.2, 0.25) is 5.02 Å². The molecule has 176 valence electrons. The molecular formula is C22H31ClIN5O3. The summed E-state index contributed by atoms with van der Waals surface area (Å²) in [5.41, 5.74) is 1.17. The van der Waals surface area contributed by atoms with Crippen LogP contribution in [-0.4, -0.2) is 69.4 Å². The van der Waals surface area contributed by atoms with E-state index in [-0.39, 0.29) is 24.0 Å². The van der Waals surface area contributed by atoms with Crippen molar-refractivity contribution >= 4 is 41.5 Å². The summed E-state index contributed by atoms with van der Waals surface area (Å²) in [4.78, 5) is 10.8. The fraction of sp³-hybridized carbons (Fsp3) is 0.455. The van der Waals surface area contributed by atoms with Crippen molar-refractivity contribution in [2.75, 3.05) is 47.5 Å². The number of methoxy groups -OCH3 is 2. The highest BCUT2D eigenvalue weighted by Crippen LogP contribution is 2.24. The SMILES string of the molecule is CN=C(NCCOc1ncccc1Cl)NC1CCN(Cc2cc(OC)cc(OC)c2)C1.I. The van der Waals surface area contributed by atoms with Crippen molar-refractivity contribution in [2.24, 2.45) is 4.99 Å². The molecule has 1 aliphatic rings. The largest absolute Gasteiger partial charge is 0.497 e. The van der Waals surface area contributed by atoms with E-state index in [1.165, 1.54) is 5.56 Å². The predicted molar refractivity (Wildman–Crippen MR) is 138 cm³/mol. The van der Waals surface area contributed by atoms with Crippen LogP contribution in [0.5, 0.6) is 17.4 Å². The number of aromatic nitrogens is 1. The molecule has 1 saturated heterocycles. The summed E-state index contributed by atoms with van der Waals surface area (Å²) >= 11 is 6.05. The molecule has 2 aromatic rings. The fourth-order valence-corrected chi connectivity index (χ4v) is 3.67. The number of aliphatic imine (C=N–C) groups is 1. The first-order chi connectivity index (χ1) is 15.1. The quantitative estimate of drug-likeness (QED) is 0.206. The highest BCUT2D eigenvalue weighted by atomic mass is 127. The van der Waals surface area contributed by atoms with Crippen LogP contribution in [0.25, 0.3) is 0 Å². The zero-order valence-electron chi connectivity index (χ0n) is 18.6. The van der Waals surface area contributed by atoms with Gasteiger partial charge in [-0.3, -0.25) is 9.89 Å². The predicted octanol–water partition coefficient (Wildman–Crippen LogP) is 3.19. The Bertz CT molecular complexity index is 864. The summed E-state index contributed by atoms with van der Waals surface area (Å²) in [5, 5.41) is 7.26. The minimum Gasteiger partial charge on any atom is -0.497 e. The number of rotatable bonds is 9. The molecule has 3 rings (SSSR count). The van der Waals surface area contributed by atoms with E-state index in [0.29, 0.717) is 30.1 Å². The number of halogens is 2. The first kappa shape index (κ1) is 26.3. The van der Waals surface area contributed by atoms with Crippen LogP contribution < -0.4 is 24.8 Å². The van der Waals surface area contributed by atoms with Gasteiger partial charge in [0.15, 0.2) is 5.96 Å². The molecule has 0 saturated carbocycles. The maximum atomic E-state index is 6.05. The molecule has 0 amide bonds. The van der Waals surface area contributed by atoms with Crippen LogP contribution >= 0.6 is 35.6 Å². The molecule has 1 unspecified atom stereocenters. The molecule has 1 atom stereocenters. The van der Waals surface area contributed by atoms with Crippen LogP contribution in [0.4, 0.5) is 0 Å². The Morgan fingerprint density at radius 3 is 2.66 bits per heavy atom. The van der Waals surface area contributed by atoms with Gasteiger partial charge < -0.3 is 24.8 Å². The lowest BCUT2D eigenvalue weighted by molar-refractivity contribution is 0.309. The molecule has 0 radical (unpaired) electrons. The monoisotopic (exact) mass is 575 g/mol. The average Bonchev–Trinajstić information content (AvgIpc) is 3.23. The summed E-state index contributed by atoms with van der Waals surface area (Å²) in [6.45, 7) is 3.81. The Balaban J connectivity index is 0.00000363. The molecule has 32 heavy (non-hydrogen) atoms. The van der Waals surface area contributed by atoms with Gasteiger partial charge in [-0.1, -0.05) is 11.6 Å². The maximum absolute atomic E-state index is 6.05. The zero-order chi connectivity index (χ0) is 22.1. The molecule has 1 aromatic heterocycles. The smallest absolute Gasteiger partial charge is 0.232 e. The molecular weight excluding hydrogens is 545 g/mol.